The predicted octanol–water partition coefficient (Wildman–Crippen LogP) is 2.93. The summed E-state index contributed by atoms with van der Waals surface area (Å²) in [7, 11) is 0. The second kappa shape index (κ2) is 5.49. The van der Waals surface area contributed by atoms with E-state index in [2.05, 4.69) is 26.5 Å². The number of hydrogen-bond acceptors (Lipinski definition) is 4. The highest BCUT2D eigenvalue weighted by molar-refractivity contribution is 9.10. The maximum absolute atomic E-state index is 6.15. The molecule has 0 saturated heterocycles. The fourth-order valence-electron chi connectivity index (χ4n) is 1.70. The molecule has 1 unspecified atom stereocenters. The van der Waals surface area contributed by atoms with Crippen LogP contribution in [0, 0.1) is 0 Å². The molecule has 0 spiro atoms. The van der Waals surface area contributed by atoms with Crippen molar-refractivity contribution in [2.24, 2.45) is 5.84 Å². The van der Waals surface area contributed by atoms with E-state index in [1.165, 1.54) is 0 Å². The maximum atomic E-state index is 6.15. The fourth-order valence-corrected chi connectivity index (χ4v) is 3.45. The Morgan fingerprint density at radius 2 is 2.47 bits per heavy atom. The number of aryl methyl sites for hydroxylation is 1. The third-order valence-electron chi connectivity index (χ3n) is 2.48. The largest absolute Gasteiger partial charge is 0.270 e. The molecule has 2 aromatic heterocycles. The van der Waals surface area contributed by atoms with E-state index in [0.717, 1.165) is 21.6 Å². The van der Waals surface area contributed by atoms with E-state index in [4.69, 9.17) is 17.4 Å². The summed E-state index contributed by atoms with van der Waals surface area (Å²) in [5, 5.41) is 6.94. The molecule has 4 nitrogen and oxygen atoms in total. The quantitative estimate of drug-likeness (QED) is 0.667. The second-order valence-electron chi connectivity index (χ2n) is 3.43. The summed E-state index contributed by atoms with van der Waals surface area (Å²) < 4.78 is 2.82. The molecule has 0 saturated carbocycles. The van der Waals surface area contributed by atoms with Crippen molar-refractivity contribution >= 4 is 38.9 Å². The number of hydrazine groups is 1. The Hall–Kier alpha value is -0.400. The summed E-state index contributed by atoms with van der Waals surface area (Å²) in [5.74, 6) is 5.65. The molecule has 0 aliphatic heterocycles. The number of nitrogens with two attached hydrogens (primary N) is 1. The Morgan fingerprint density at radius 1 is 1.71 bits per heavy atom. The molecule has 0 aromatic carbocycles. The van der Waals surface area contributed by atoms with Gasteiger partial charge >= 0.3 is 0 Å². The maximum Gasteiger partial charge on any atom is 0.0996 e. The predicted molar refractivity (Wildman–Crippen MR) is 74.1 cm³/mol. The van der Waals surface area contributed by atoms with Gasteiger partial charge in [0.25, 0.3) is 0 Å². The standard InChI is InChI=1S/C10H12BrClN4S/c1-2-16-9(6(11)5-14-16)8(15-13)10-7(12)3-4-17-10/h3-5,8,15H,2,13H2,1H3. The van der Waals surface area contributed by atoms with Crippen molar-refractivity contribution < 1.29 is 0 Å². The molecule has 0 fully saturated rings. The molecule has 0 bridgehead atoms. The van der Waals surface area contributed by atoms with Crippen molar-refractivity contribution in [1.82, 2.24) is 15.2 Å². The topological polar surface area (TPSA) is 55.9 Å². The van der Waals surface area contributed by atoms with Gasteiger partial charge < -0.3 is 0 Å². The average molecular weight is 336 g/mol. The van der Waals surface area contributed by atoms with Gasteiger partial charge in [-0.1, -0.05) is 11.6 Å². The Balaban J connectivity index is 2.49. The lowest BCUT2D eigenvalue weighted by atomic mass is 10.2. The second-order valence-corrected chi connectivity index (χ2v) is 5.64. The van der Waals surface area contributed by atoms with Crippen molar-refractivity contribution in [2.45, 2.75) is 19.5 Å². The summed E-state index contributed by atoms with van der Waals surface area (Å²) in [6, 6.07) is 1.71. The molecular formula is C10H12BrClN4S. The van der Waals surface area contributed by atoms with Crippen LogP contribution in [0.2, 0.25) is 5.02 Å². The first-order valence-corrected chi connectivity index (χ1v) is 7.14. The molecule has 0 aliphatic carbocycles. The monoisotopic (exact) mass is 334 g/mol. The van der Waals surface area contributed by atoms with Crippen LogP contribution >= 0.6 is 38.9 Å². The third kappa shape index (κ3) is 2.41. The summed E-state index contributed by atoms with van der Waals surface area (Å²) in [6.45, 7) is 2.81. The van der Waals surface area contributed by atoms with E-state index in [-0.39, 0.29) is 6.04 Å². The molecule has 2 aromatic rings. The van der Waals surface area contributed by atoms with E-state index in [9.17, 15) is 0 Å². The van der Waals surface area contributed by atoms with Crippen molar-refractivity contribution in [3.05, 3.63) is 37.7 Å². The number of rotatable bonds is 4. The minimum Gasteiger partial charge on any atom is -0.270 e. The highest BCUT2D eigenvalue weighted by atomic mass is 79.9. The first-order chi connectivity index (χ1) is 8.19. The number of nitrogens with one attached hydrogen (secondary N) is 1. The van der Waals surface area contributed by atoms with Gasteiger partial charge in [-0.25, -0.2) is 5.43 Å². The Kier molecular flexibility index (Phi) is 4.22. The van der Waals surface area contributed by atoms with Crippen LogP contribution in [0.5, 0.6) is 0 Å². The Bertz CT molecular complexity index is 510. The lowest BCUT2D eigenvalue weighted by Gasteiger charge is -2.17. The molecule has 2 heterocycles. The van der Waals surface area contributed by atoms with Gasteiger partial charge in [-0.3, -0.25) is 10.5 Å². The third-order valence-corrected chi connectivity index (χ3v) is 4.51. The van der Waals surface area contributed by atoms with Crippen LogP contribution < -0.4 is 11.3 Å². The zero-order chi connectivity index (χ0) is 12.4. The van der Waals surface area contributed by atoms with Crippen LogP contribution in [-0.4, -0.2) is 9.78 Å². The van der Waals surface area contributed by atoms with Crippen LogP contribution in [0.25, 0.3) is 0 Å². The molecular weight excluding hydrogens is 324 g/mol. The zero-order valence-corrected chi connectivity index (χ0v) is 12.3. The number of hydrogen-bond donors (Lipinski definition) is 2. The Morgan fingerprint density at radius 3 is 3.00 bits per heavy atom. The summed E-state index contributed by atoms with van der Waals surface area (Å²) >= 11 is 11.2. The van der Waals surface area contributed by atoms with E-state index < -0.39 is 0 Å². The molecule has 0 amide bonds. The van der Waals surface area contributed by atoms with Crippen LogP contribution in [0.1, 0.15) is 23.5 Å². The minimum absolute atomic E-state index is 0.153. The smallest absolute Gasteiger partial charge is 0.0996 e. The summed E-state index contributed by atoms with van der Waals surface area (Å²) in [6.07, 6.45) is 1.77. The SMILES string of the molecule is CCn1ncc(Br)c1C(NN)c1sccc1Cl. The average Bonchev–Trinajstić information content (AvgIpc) is 2.89. The van der Waals surface area contributed by atoms with Gasteiger partial charge in [-0.05, 0) is 34.3 Å². The highest BCUT2D eigenvalue weighted by Crippen LogP contribution is 2.35. The molecule has 17 heavy (non-hydrogen) atoms. The molecule has 7 heteroatoms. The molecule has 92 valence electrons. The first kappa shape index (κ1) is 13.0. The van der Waals surface area contributed by atoms with E-state index in [1.54, 1.807) is 17.5 Å². The van der Waals surface area contributed by atoms with Gasteiger partial charge in [-0.2, -0.15) is 5.10 Å². The minimum atomic E-state index is -0.153. The molecule has 2 rings (SSSR count). The van der Waals surface area contributed by atoms with E-state index in [0.29, 0.717) is 5.02 Å². The van der Waals surface area contributed by atoms with E-state index in [1.807, 2.05) is 23.1 Å². The van der Waals surface area contributed by atoms with Gasteiger partial charge in [0.15, 0.2) is 0 Å². The zero-order valence-electron chi connectivity index (χ0n) is 9.15. The number of thiophene rings is 1. The number of nitrogens with zero attached hydrogens (tertiary/aromatic N) is 2. The molecule has 1 atom stereocenters. The van der Waals surface area contributed by atoms with Gasteiger partial charge in [0.2, 0.25) is 0 Å². The lowest BCUT2D eigenvalue weighted by molar-refractivity contribution is 0.547. The van der Waals surface area contributed by atoms with E-state index >= 15 is 0 Å². The van der Waals surface area contributed by atoms with Crippen LogP contribution in [0.4, 0.5) is 0 Å². The van der Waals surface area contributed by atoms with Crippen LogP contribution in [0.15, 0.2) is 22.1 Å². The van der Waals surface area contributed by atoms with Crippen molar-refractivity contribution in [1.29, 1.82) is 0 Å². The normalized spacial score (nSPS) is 12.9. The first-order valence-electron chi connectivity index (χ1n) is 5.09. The number of halogens is 2. The van der Waals surface area contributed by atoms with Crippen molar-refractivity contribution in [2.75, 3.05) is 0 Å². The van der Waals surface area contributed by atoms with Gasteiger partial charge in [0.05, 0.1) is 27.4 Å². The van der Waals surface area contributed by atoms with Gasteiger partial charge in [0, 0.05) is 11.4 Å². The Labute approximate surface area is 117 Å². The fraction of sp³-hybridized carbons (Fsp3) is 0.300. The molecule has 3 N–H and O–H groups in total. The van der Waals surface area contributed by atoms with Crippen LogP contribution in [-0.2, 0) is 6.54 Å². The molecule has 0 radical (unpaired) electrons. The summed E-state index contributed by atoms with van der Waals surface area (Å²) in [5.41, 5.74) is 3.78. The lowest BCUT2D eigenvalue weighted by Crippen LogP contribution is -2.30. The molecule has 0 aliphatic rings. The van der Waals surface area contributed by atoms with Gasteiger partial charge in [-0.15, -0.1) is 11.3 Å². The number of aromatic nitrogens is 2. The summed E-state index contributed by atoms with van der Waals surface area (Å²) in [4.78, 5) is 0.991. The van der Waals surface area contributed by atoms with Crippen molar-refractivity contribution in [3.63, 3.8) is 0 Å². The van der Waals surface area contributed by atoms with Crippen molar-refractivity contribution in [3.8, 4) is 0 Å². The van der Waals surface area contributed by atoms with Gasteiger partial charge in [0.1, 0.15) is 0 Å². The van der Waals surface area contributed by atoms with Crippen LogP contribution in [0.3, 0.4) is 0 Å². The highest BCUT2D eigenvalue weighted by Gasteiger charge is 2.23.